The largest absolute Gasteiger partial charge is 0.478 e. The van der Waals surface area contributed by atoms with Gasteiger partial charge in [0.15, 0.2) is 0 Å². The normalized spacial score (nSPS) is 10.5. The van der Waals surface area contributed by atoms with Gasteiger partial charge in [0.05, 0.1) is 5.56 Å². The van der Waals surface area contributed by atoms with E-state index in [0.29, 0.717) is 12.1 Å². The van der Waals surface area contributed by atoms with Crippen LogP contribution in [-0.2, 0) is 6.54 Å². The second kappa shape index (κ2) is 5.63. The summed E-state index contributed by atoms with van der Waals surface area (Å²) in [5.74, 6) is -0.915. The summed E-state index contributed by atoms with van der Waals surface area (Å²) in [4.78, 5) is 15.4. The summed E-state index contributed by atoms with van der Waals surface area (Å²) in [7, 11) is 0. The molecule has 3 aromatic rings. The second-order valence-electron chi connectivity index (χ2n) is 4.78. The van der Waals surface area contributed by atoms with Gasteiger partial charge in [-0.05, 0) is 23.3 Å². The number of pyridine rings is 1. The number of hydrogen-bond donors (Lipinski definition) is 1. The summed E-state index contributed by atoms with van der Waals surface area (Å²) in [6.45, 7) is 0.621. The average Bonchev–Trinajstić information content (AvgIpc) is 2.93. The van der Waals surface area contributed by atoms with E-state index >= 15 is 0 Å². The lowest BCUT2D eigenvalue weighted by Crippen LogP contribution is -1.98. The van der Waals surface area contributed by atoms with Crippen LogP contribution in [0.4, 0.5) is 0 Å². The van der Waals surface area contributed by atoms with Crippen LogP contribution in [-0.4, -0.2) is 20.6 Å². The first-order valence-corrected chi connectivity index (χ1v) is 6.61. The van der Waals surface area contributed by atoms with E-state index < -0.39 is 5.97 Å². The molecular weight excluding hydrogens is 264 g/mol. The van der Waals surface area contributed by atoms with E-state index in [1.807, 2.05) is 53.2 Å². The molecule has 0 radical (unpaired) electrons. The molecule has 1 aromatic carbocycles. The fraction of sp³-hybridized carbons (Fsp3) is 0.0588. The van der Waals surface area contributed by atoms with Crippen LogP contribution >= 0.6 is 0 Å². The summed E-state index contributed by atoms with van der Waals surface area (Å²) < 4.78 is 1.89. The maximum absolute atomic E-state index is 11.4. The van der Waals surface area contributed by atoms with Crippen molar-refractivity contribution in [3.05, 3.63) is 78.4 Å². The van der Waals surface area contributed by atoms with Gasteiger partial charge >= 0.3 is 5.97 Å². The van der Waals surface area contributed by atoms with Crippen LogP contribution in [0.25, 0.3) is 11.1 Å². The van der Waals surface area contributed by atoms with E-state index in [1.165, 1.54) is 0 Å². The van der Waals surface area contributed by atoms with Gasteiger partial charge in [-0.1, -0.05) is 30.3 Å². The molecule has 104 valence electrons. The predicted molar refractivity (Wildman–Crippen MR) is 80.2 cm³/mol. The Balaban J connectivity index is 1.99. The molecular formula is C17H14N2O2. The van der Waals surface area contributed by atoms with Crippen LogP contribution in [0.15, 0.2) is 67.3 Å². The smallest absolute Gasteiger partial charge is 0.337 e. The first kappa shape index (κ1) is 13.1. The Kier molecular flexibility index (Phi) is 3.51. The molecule has 0 spiro atoms. The number of hydrogen-bond acceptors (Lipinski definition) is 2. The number of benzene rings is 1. The van der Waals surface area contributed by atoms with Crippen molar-refractivity contribution in [2.45, 2.75) is 6.54 Å². The topological polar surface area (TPSA) is 55.1 Å². The van der Waals surface area contributed by atoms with Gasteiger partial charge in [0.25, 0.3) is 0 Å². The number of carbonyl (C=O) groups is 1. The van der Waals surface area contributed by atoms with Crippen molar-refractivity contribution in [2.75, 3.05) is 0 Å². The molecule has 0 unspecified atom stereocenters. The zero-order valence-electron chi connectivity index (χ0n) is 11.3. The molecule has 3 rings (SSSR count). The number of carboxylic acids is 1. The van der Waals surface area contributed by atoms with Crippen molar-refractivity contribution in [2.24, 2.45) is 0 Å². The lowest BCUT2D eigenvalue weighted by Gasteiger charge is -2.02. The van der Waals surface area contributed by atoms with Gasteiger partial charge in [0.1, 0.15) is 0 Å². The summed E-state index contributed by atoms with van der Waals surface area (Å²) in [5, 5.41) is 9.38. The van der Waals surface area contributed by atoms with Crippen molar-refractivity contribution in [3.63, 3.8) is 0 Å². The molecule has 0 aliphatic carbocycles. The average molecular weight is 278 g/mol. The highest BCUT2D eigenvalue weighted by Gasteiger charge is 2.14. The van der Waals surface area contributed by atoms with Crippen molar-refractivity contribution in [3.8, 4) is 11.1 Å². The fourth-order valence-electron chi connectivity index (χ4n) is 2.32. The maximum atomic E-state index is 11.4. The third kappa shape index (κ3) is 2.84. The lowest BCUT2D eigenvalue weighted by atomic mass is 10.1. The van der Waals surface area contributed by atoms with Gasteiger partial charge in [0.2, 0.25) is 0 Å². The first-order chi connectivity index (χ1) is 10.2. The van der Waals surface area contributed by atoms with Crippen molar-refractivity contribution < 1.29 is 9.90 Å². The van der Waals surface area contributed by atoms with E-state index in [0.717, 1.165) is 16.7 Å². The highest BCUT2D eigenvalue weighted by atomic mass is 16.4. The molecule has 0 aliphatic rings. The zero-order chi connectivity index (χ0) is 14.7. The third-order valence-electron chi connectivity index (χ3n) is 3.31. The minimum absolute atomic E-state index is 0.315. The van der Waals surface area contributed by atoms with Crippen LogP contribution in [0.2, 0.25) is 0 Å². The number of aromatic carboxylic acids is 1. The highest BCUT2D eigenvalue weighted by Crippen LogP contribution is 2.25. The number of aromatic nitrogens is 2. The van der Waals surface area contributed by atoms with Crippen LogP contribution in [0.3, 0.4) is 0 Å². The summed E-state index contributed by atoms with van der Waals surface area (Å²) in [6, 6.07) is 13.4. The maximum Gasteiger partial charge on any atom is 0.337 e. The molecule has 0 amide bonds. The summed E-state index contributed by atoms with van der Waals surface area (Å²) >= 11 is 0. The molecule has 0 saturated heterocycles. The monoisotopic (exact) mass is 278 g/mol. The lowest BCUT2D eigenvalue weighted by molar-refractivity contribution is 0.0697. The molecule has 0 bridgehead atoms. The molecule has 0 fully saturated rings. The van der Waals surface area contributed by atoms with Crippen molar-refractivity contribution in [1.29, 1.82) is 0 Å². The van der Waals surface area contributed by atoms with Gasteiger partial charge in [-0.2, -0.15) is 0 Å². The summed E-state index contributed by atoms with van der Waals surface area (Å²) in [5.41, 5.74) is 3.03. The van der Waals surface area contributed by atoms with Gasteiger partial charge in [-0.3, -0.25) is 4.98 Å². The zero-order valence-corrected chi connectivity index (χ0v) is 11.3. The fourth-order valence-corrected chi connectivity index (χ4v) is 2.32. The van der Waals surface area contributed by atoms with Crippen LogP contribution < -0.4 is 0 Å². The van der Waals surface area contributed by atoms with Gasteiger partial charge in [0, 0.05) is 36.9 Å². The molecule has 21 heavy (non-hydrogen) atoms. The molecule has 2 aromatic heterocycles. The van der Waals surface area contributed by atoms with Crippen LogP contribution in [0, 0.1) is 0 Å². The predicted octanol–water partition coefficient (Wildman–Crippen LogP) is 3.30. The standard InChI is InChI=1S/C17H14N2O2/c20-17(21)16-12-19(10-13-6-8-18-9-7-13)11-15(16)14-4-2-1-3-5-14/h1-9,11-12H,10H2,(H,20,21). The molecule has 0 atom stereocenters. The van der Waals surface area contributed by atoms with Crippen LogP contribution in [0.5, 0.6) is 0 Å². The van der Waals surface area contributed by atoms with Crippen LogP contribution in [0.1, 0.15) is 15.9 Å². The SMILES string of the molecule is O=C(O)c1cn(Cc2ccncc2)cc1-c1ccccc1. The number of rotatable bonds is 4. The Bertz CT molecular complexity index is 749. The number of carboxylic acid groups (broad SMARTS) is 1. The molecule has 1 N–H and O–H groups in total. The van der Waals surface area contributed by atoms with E-state index in [2.05, 4.69) is 4.98 Å². The quantitative estimate of drug-likeness (QED) is 0.796. The first-order valence-electron chi connectivity index (χ1n) is 6.61. The molecule has 0 aliphatic heterocycles. The Morgan fingerprint density at radius 3 is 2.43 bits per heavy atom. The van der Waals surface area contributed by atoms with Gasteiger partial charge in [-0.15, -0.1) is 0 Å². The van der Waals surface area contributed by atoms with Gasteiger partial charge < -0.3 is 9.67 Å². The van der Waals surface area contributed by atoms with E-state index in [1.54, 1.807) is 18.6 Å². The Morgan fingerprint density at radius 2 is 1.76 bits per heavy atom. The molecule has 2 heterocycles. The van der Waals surface area contributed by atoms with Gasteiger partial charge in [-0.25, -0.2) is 4.79 Å². The minimum atomic E-state index is -0.915. The number of nitrogens with zero attached hydrogens (tertiary/aromatic N) is 2. The van der Waals surface area contributed by atoms with Crippen molar-refractivity contribution in [1.82, 2.24) is 9.55 Å². The van der Waals surface area contributed by atoms with E-state index in [9.17, 15) is 9.90 Å². The van der Waals surface area contributed by atoms with E-state index in [4.69, 9.17) is 0 Å². The second-order valence-corrected chi connectivity index (χ2v) is 4.78. The third-order valence-corrected chi connectivity index (χ3v) is 3.31. The highest BCUT2D eigenvalue weighted by molar-refractivity contribution is 5.95. The summed E-state index contributed by atoms with van der Waals surface area (Å²) in [6.07, 6.45) is 7.01. The molecule has 4 nitrogen and oxygen atoms in total. The molecule has 0 saturated carbocycles. The Morgan fingerprint density at radius 1 is 1.05 bits per heavy atom. The molecule has 4 heteroatoms. The van der Waals surface area contributed by atoms with Crippen molar-refractivity contribution >= 4 is 5.97 Å². The van der Waals surface area contributed by atoms with E-state index in [-0.39, 0.29) is 0 Å². The Labute approximate surface area is 122 Å². The minimum Gasteiger partial charge on any atom is -0.478 e. The Hall–Kier alpha value is -2.88.